The summed E-state index contributed by atoms with van der Waals surface area (Å²) in [5, 5.41) is 13.9. The van der Waals surface area contributed by atoms with Gasteiger partial charge < -0.3 is 0 Å². The van der Waals surface area contributed by atoms with Crippen LogP contribution in [0.5, 0.6) is 0 Å². The lowest BCUT2D eigenvalue weighted by molar-refractivity contribution is 0.440. The van der Waals surface area contributed by atoms with Gasteiger partial charge >= 0.3 is 0 Å². The summed E-state index contributed by atoms with van der Waals surface area (Å²) in [4.78, 5) is 19.9. The fourth-order valence-electron chi connectivity index (χ4n) is 4.33. The van der Waals surface area contributed by atoms with Crippen molar-refractivity contribution in [3.8, 4) is 6.07 Å². The molecule has 5 nitrogen and oxygen atoms in total. The van der Waals surface area contributed by atoms with Crippen LogP contribution in [0.1, 0.15) is 34.0 Å². The number of nitrogens with zero attached hydrogens (tertiary/aromatic N) is 3. The number of aromatic nitrogens is 2. The van der Waals surface area contributed by atoms with E-state index in [1.54, 1.807) is 22.2 Å². The lowest BCUT2D eigenvalue weighted by Gasteiger charge is -2.26. The van der Waals surface area contributed by atoms with Crippen molar-refractivity contribution in [3.63, 3.8) is 0 Å². The van der Waals surface area contributed by atoms with E-state index in [0.29, 0.717) is 6.54 Å². The summed E-state index contributed by atoms with van der Waals surface area (Å²) in [6.45, 7) is 0.526. The second-order valence-corrected chi connectivity index (χ2v) is 9.01. The van der Waals surface area contributed by atoms with Crippen molar-refractivity contribution >= 4 is 21.6 Å². The lowest BCUT2D eigenvalue weighted by atomic mass is 9.92. The molecular formula is C25H22N4OS. The highest BCUT2D eigenvalue weighted by molar-refractivity contribution is 7.18. The molecule has 0 fully saturated rings. The van der Waals surface area contributed by atoms with E-state index in [-0.39, 0.29) is 17.6 Å². The number of thiophene rings is 1. The zero-order valence-corrected chi connectivity index (χ0v) is 17.8. The number of benzene rings is 2. The minimum atomic E-state index is -0.330. The monoisotopic (exact) mass is 426 g/mol. The number of nitriles is 1. The molecule has 0 bridgehead atoms. The van der Waals surface area contributed by atoms with Gasteiger partial charge in [-0.15, -0.1) is 11.3 Å². The fourth-order valence-corrected chi connectivity index (χ4v) is 5.58. The second kappa shape index (κ2) is 8.46. The SMILES string of the molecule is N#CC(NC1CCc2c(sc3ncn(Cc4ccccc4)c(=O)c23)C1)c1ccccc1. The molecule has 4 aromatic rings. The molecule has 0 spiro atoms. The summed E-state index contributed by atoms with van der Waals surface area (Å²) < 4.78 is 1.70. The number of hydrogen-bond donors (Lipinski definition) is 1. The molecule has 154 valence electrons. The van der Waals surface area contributed by atoms with Gasteiger partial charge in [0.05, 0.1) is 24.3 Å². The quantitative estimate of drug-likeness (QED) is 0.519. The Labute approximate surface area is 184 Å². The van der Waals surface area contributed by atoms with Gasteiger partial charge in [0.1, 0.15) is 10.9 Å². The molecule has 2 aromatic heterocycles. The van der Waals surface area contributed by atoms with E-state index >= 15 is 0 Å². The van der Waals surface area contributed by atoms with Gasteiger partial charge in [-0.25, -0.2) is 4.98 Å². The van der Waals surface area contributed by atoms with Gasteiger partial charge in [0.25, 0.3) is 5.56 Å². The van der Waals surface area contributed by atoms with Gasteiger partial charge in [-0.2, -0.15) is 5.26 Å². The largest absolute Gasteiger partial charge is 0.295 e. The Hall–Kier alpha value is -3.27. The Bertz CT molecular complexity index is 1300. The van der Waals surface area contributed by atoms with E-state index in [2.05, 4.69) is 16.4 Å². The molecule has 6 heteroatoms. The molecule has 1 N–H and O–H groups in total. The van der Waals surface area contributed by atoms with Crippen LogP contribution >= 0.6 is 11.3 Å². The van der Waals surface area contributed by atoms with Crippen molar-refractivity contribution < 1.29 is 0 Å². The smallest absolute Gasteiger partial charge is 0.262 e. The molecule has 2 atom stereocenters. The summed E-state index contributed by atoms with van der Waals surface area (Å²) in [5.41, 5.74) is 3.25. The van der Waals surface area contributed by atoms with E-state index in [4.69, 9.17) is 0 Å². The van der Waals surface area contributed by atoms with Crippen molar-refractivity contribution in [2.24, 2.45) is 0 Å². The minimum Gasteiger partial charge on any atom is -0.295 e. The standard InChI is InChI=1S/C25H22N4OS/c26-14-21(18-9-5-2-6-10-18)28-19-11-12-20-22(13-19)31-24-23(20)25(30)29(16-27-24)15-17-7-3-1-4-8-17/h1-10,16,19,21,28H,11-13,15H2. The van der Waals surface area contributed by atoms with Crippen molar-refractivity contribution in [1.29, 1.82) is 5.26 Å². The molecule has 0 amide bonds. The van der Waals surface area contributed by atoms with E-state index in [1.165, 1.54) is 4.88 Å². The second-order valence-electron chi connectivity index (χ2n) is 7.93. The Morgan fingerprint density at radius 1 is 1.16 bits per heavy atom. The molecule has 2 aromatic carbocycles. The first-order valence-electron chi connectivity index (χ1n) is 10.5. The van der Waals surface area contributed by atoms with Gasteiger partial charge in [-0.1, -0.05) is 60.7 Å². The normalized spacial score (nSPS) is 16.5. The molecule has 0 radical (unpaired) electrons. The zero-order valence-electron chi connectivity index (χ0n) is 17.0. The van der Waals surface area contributed by atoms with Crippen LogP contribution in [0.2, 0.25) is 0 Å². The predicted octanol–water partition coefficient (Wildman–Crippen LogP) is 4.22. The lowest BCUT2D eigenvalue weighted by Crippen LogP contribution is -2.36. The Morgan fingerprint density at radius 3 is 2.65 bits per heavy atom. The van der Waals surface area contributed by atoms with Gasteiger partial charge in [-0.3, -0.25) is 14.7 Å². The first-order valence-corrected chi connectivity index (χ1v) is 11.3. The van der Waals surface area contributed by atoms with Crippen molar-refractivity contribution in [2.75, 3.05) is 0 Å². The maximum Gasteiger partial charge on any atom is 0.262 e. The summed E-state index contributed by atoms with van der Waals surface area (Å²) in [6.07, 6.45) is 4.21. The molecule has 0 saturated heterocycles. The average Bonchev–Trinajstić information content (AvgIpc) is 3.19. The van der Waals surface area contributed by atoms with E-state index < -0.39 is 0 Å². The Kier molecular flexibility index (Phi) is 5.37. The van der Waals surface area contributed by atoms with E-state index in [0.717, 1.165) is 46.2 Å². The number of nitrogens with one attached hydrogen (secondary N) is 1. The van der Waals surface area contributed by atoms with Crippen LogP contribution in [-0.2, 0) is 19.4 Å². The third-order valence-corrected chi connectivity index (χ3v) is 7.06. The molecule has 2 heterocycles. The topological polar surface area (TPSA) is 70.7 Å². The van der Waals surface area contributed by atoms with Gasteiger partial charge in [-0.05, 0) is 36.0 Å². The maximum atomic E-state index is 13.2. The van der Waals surface area contributed by atoms with Crippen molar-refractivity contribution in [2.45, 2.75) is 37.9 Å². The summed E-state index contributed by atoms with van der Waals surface area (Å²) in [6, 6.07) is 22.1. The van der Waals surface area contributed by atoms with Crippen LogP contribution in [0.3, 0.4) is 0 Å². The summed E-state index contributed by atoms with van der Waals surface area (Å²) in [5.74, 6) is 0. The molecular weight excluding hydrogens is 404 g/mol. The number of rotatable bonds is 5. The molecule has 2 unspecified atom stereocenters. The number of hydrogen-bond acceptors (Lipinski definition) is 5. The van der Waals surface area contributed by atoms with Crippen molar-refractivity contribution in [3.05, 3.63) is 98.9 Å². The molecule has 1 aliphatic carbocycles. The van der Waals surface area contributed by atoms with Crippen LogP contribution in [0.25, 0.3) is 10.2 Å². The number of aryl methyl sites for hydroxylation is 1. The minimum absolute atomic E-state index is 0.0388. The van der Waals surface area contributed by atoms with Gasteiger partial charge in [0.15, 0.2) is 0 Å². The maximum absolute atomic E-state index is 13.2. The first kappa shape index (κ1) is 19.7. The van der Waals surface area contributed by atoms with Crippen molar-refractivity contribution in [1.82, 2.24) is 14.9 Å². The van der Waals surface area contributed by atoms with Gasteiger partial charge in [0, 0.05) is 10.9 Å². The van der Waals surface area contributed by atoms with Crippen LogP contribution in [0.15, 0.2) is 71.8 Å². The Morgan fingerprint density at radius 2 is 1.90 bits per heavy atom. The first-order chi connectivity index (χ1) is 15.2. The Balaban J connectivity index is 1.40. The van der Waals surface area contributed by atoms with Gasteiger partial charge in [0.2, 0.25) is 0 Å². The summed E-state index contributed by atoms with van der Waals surface area (Å²) in [7, 11) is 0. The third kappa shape index (κ3) is 3.90. The molecule has 1 aliphatic rings. The molecule has 5 rings (SSSR count). The van der Waals surface area contributed by atoms with Crippen LogP contribution in [0.4, 0.5) is 0 Å². The fraction of sp³-hybridized carbons (Fsp3) is 0.240. The number of fused-ring (bicyclic) bond motifs is 3. The highest BCUT2D eigenvalue weighted by atomic mass is 32.1. The van der Waals surface area contributed by atoms with E-state index in [9.17, 15) is 10.1 Å². The van der Waals surface area contributed by atoms with Crippen LogP contribution < -0.4 is 10.9 Å². The van der Waals surface area contributed by atoms with Crippen LogP contribution in [0, 0.1) is 11.3 Å². The highest BCUT2D eigenvalue weighted by Crippen LogP contribution is 2.34. The van der Waals surface area contributed by atoms with E-state index in [1.807, 2.05) is 60.7 Å². The molecule has 0 aliphatic heterocycles. The molecule has 0 saturated carbocycles. The third-order valence-electron chi connectivity index (χ3n) is 5.90. The molecule has 31 heavy (non-hydrogen) atoms. The highest BCUT2D eigenvalue weighted by Gasteiger charge is 2.27. The average molecular weight is 427 g/mol. The predicted molar refractivity (Wildman–Crippen MR) is 123 cm³/mol. The van der Waals surface area contributed by atoms with Crippen LogP contribution in [-0.4, -0.2) is 15.6 Å². The summed E-state index contributed by atoms with van der Waals surface area (Å²) >= 11 is 1.62. The zero-order chi connectivity index (χ0) is 21.2.